The molecule has 0 unspecified atom stereocenters. The summed E-state index contributed by atoms with van der Waals surface area (Å²) < 4.78 is 5.36. The number of carbonyl (C=O) groups is 1. The second-order valence-corrected chi connectivity index (χ2v) is 8.07. The monoisotopic (exact) mass is 366 g/mol. The summed E-state index contributed by atoms with van der Waals surface area (Å²) in [5.41, 5.74) is 2.18. The lowest BCUT2D eigenvalue weighted by molar-refractivity contribution is -0.135. The van der Waals surface area contributed by atoms with Crippen LogP contribution in [0.15, 0.2) is 28.8 Å². The van der Waals surface area contributed by atoms with Crippen LogP contribution in [0.3, 0.4) is 0 Å². The molecule has 6 nitrogen and oxygen atoms in total. The van der Waals surface area contributed by atoms with Crippen LogP contribution in [0.25, 0.3) is 11.4 Å². The molecule has 5 rings (SSSR count). The van der Waals surface area contributed by atoms with Crippen molar-refractivity contribution in [1.29, 1.82) is 0 Å². The second-order valence-electron chi connectivity index (χ2n) is 8.07. The highest BCUT2D eigenvalue weighted by atomic mass is 16.5. The van der Waals surface area contributed by atoms with Gasteiger partial charge in [0.05, 0.1) is 0 Å². The molecule has 1 amide bonds. The van der Waals surface area contributed by atoms with E-state index in [2.05, 4.69) is 44.2 Å². The molecule has 2 aromatic rings. The Morgan fingerprint density at radius 1 is 0.963 bits per heavy atom. The lowest BCUT2D eigenvalue weighted by atomic mass is 10.1. The zero-order valence-electron chi connectivity index (χ0n) is 15.6. The van der Waals surface area contributed by atoms with Gasteiger partial charge in [0.1, 0.15) is 0 Å². The molecule has 27 heavy (non-hydrogen) atoms. The van der Waals surface area contributed by atoms with Crippen molar-refractivity contribution in [3.05, 3.63) is 30.2 Å². The van der Waals surface area contributed by atoms with Gasteiger partial charge in [0.2, 0.25) is 17.6 Å². The second kappa shape index (κ2) is 6.98. The number of anilines is 1. The van der Waals surface area contributed by atoms with Crippen molar-refractivity contribution in [1.82, 2.24) is 15.0 Å². The Kier molecular flexibility index (Phi) is 4.34. The maximum absolute atomic E-state index is 12.6. The summed E-state index contributed by atoms with van der Waals surface area (Å²) in [4.78, 5) is 21.5. The number of benzene rings is 1. The summed E-state index contributed by atoms with van der Waals surface area (Å²) >= 11 is 0. The van der Waals surface area contributed by atoms with Crippen LogP contribution >= 0.6 is 0 Å². The van der Waals surface area contributed by atoms with Crippen molar-refractivity contribution in [3.8, 4) is 11.4 Å². The molecule has 1 aromatic heterocycles. The van der Waals surface area contributed by atoms with Gasteiger partial charge in [-0.25, -0.2) is 0 Å². The highest BCUT2D eigenvalue weighted by molar-refractivity contribution is 5.79. The van der Waals surface area contributed by atoms with E-state index in [1.807, 2.05) is 0 Å². The number of nitrogens with zero attached hydrogens (tertiary/aromatic N) is 4. The number of hydrogen-bond donors (Lipinski definition) is 0. The Morgan fingerprint density at radius 3 is 2.33 bits per heavy atom. The average Bonchev–Trinajstić information content (AvgIpc) is 3.22. The lowest BCUT2D eigenvalue weighted by Crippen LogP contribution is -2.50. The van der Waals surface area contributed by atoms with Crippen molar-refractivity contribution in [2.45, 2.75) is 44.4 Å². The Bertz CT molecular complexity index is 798. The summed E-state index contributed by atoms with van der Waals surface area (Å²) in [7, 11) is 0. The van der Waals surface area contributed by atoms with E-state index in [1.54, 1.807) is 0 Å². The first-order chi connectivity index (χ1) is 13.3. The molecule has 6 heteroatoms. The first-order valence-electron chi connectivity index (χ1n) is 10.3. The fourth-order valence-electron chi connectivity index (χ4n) is 4.29. The van der Waals surface area contributed by atoms with Gasteiger partial charge in [0.15, 0.2) is 0 Å². The van der Waals surface area contributed by atoms with Gasteiger partial charge >= 0.3 is 0 Å². The lowest BCUT2D eigenvalue weighted by Gasteiger charge is -2.37. The molecule has 0 bridgehead atoms. The van der Waals surface area contributed by atoms with Gasteiger partial charge in [-0.3, -0.25) is 4.79 Å². The highest BCUT2D eigenvalue weighted by Gasteiger charge is 2.30. The minimum atomic E-state index is 0.284. The van der Waals surface area contributed by atoms with E-state index in [0.29, 0.717) is 17.6 Å². The fourth-order valence-corrected chi connectivity index (χ4v) is 4.29. The number of rotatable bonds is 4. The SMILES string of the molecule is O=C(C1CCCC1)N1CCN(c2ccc(-c3noc(C4CC4)n3)cc2)CC1. The molecule has 1 aliphatic heterocycles. The van der Waals surface area contributed by atoms with Crippen LogP contribution in [0.1, 0.15) is 50.3 Å². The van der Waals surface area contributed by atoms with Gasteiger partial charge in [0, 0.05) is 49.3 Å². The number of piperazine rings is 1. The van der Waals surface area contributed by atoms with Gasteiger partial charge in [-0.2, -0.15) is 4.98 Å². The molecule has 2 saturated carbocycles. The van der Waals surface area contributed by atoms with Crippen molar-refractivity contribution < 1.29 is 9.32 Å². The highest BCUT2D eigenvalue weighted by Crippen LogP contribution is 2.39. The molecule has 2 heterocycles. The Labute approximate surface area is 159 Å². The minimum Gasteiger partial charge on any atom is -0.368 e. The van der Waals surface area contributed by atoms with Crippen molar-refractivity contribution >= 4 is 11.6 Å². The van der Waals surface area contributed by atoms with E-state index < -0.39 is 0 Å². The molecule has 0 N–H and O–H groups in total. The molecule has 0 atom stereocenters. The molecule has 1 aromatic carbocycles. The maximum Gasteiger partial charge on any atom is 0.230 e. The number of carbonyl (C=O) groups excluding carboxylic acids is 1. The van der Waals surface area contributed by atoms with Crippen LogP contribution in [0, 0.1) is 5.92 Å². The first-order valence-corrected chi connectivity index (χ1v) is 10.3. The van der Waals surface area contributed by atoms with Crippen LogP contribution < -0.4 is 4.90 Å². The zero-order chi connectivity index (χ0) is 18.2. The fraction of sp³-hybridized carbons (Fsp3) is 0.571. The average molecular weight is 366 g/mol. The predicted octanol–water partition coefficient (Wildman–Crippen LogP) is 3.45. The first kappa shape index (κ1) is 16.8. The van der Waals surface area contributed by atoms with E-state index in [4.69, 9.17) is 4.52 Å². The quantitative estimate of drug-likeness (QED) is 0.829. The Morgan fingerprint density at radius 2 is 1.67 bits per heavy atom. The number of aromatic nitrogens is 2. The van der Waals surface area contributed by atoms with E-state index >= 15 is 0 Å². The van der Waals surface area contributed by atoms with Crippen molar-refractivity contribution in [3.63, 3.8) is 0 Å². The summed E-state index contributed by atoms with van der Waals surface area (Å²) in [6.07, 6.45) is 6.92. The van der Waals surface area contributed by atoms with Gasteiger partial charge in [0.25, 0.3) is 0 Å². The van der Waals surface area contributed by atoms with Crippen LogP contribution in [0.5, 0.6) is 0 Å². The number of amides is 1. The Balaban J connectivity index is 1.20. The molecule has 142 valence electrons. The van der Waals surface area contributed by atoms with Gasteiger partial charge in [-0.1, -0.05) is 18.0 Å². The van der Waals surface area contributed by atoms with Crippen LogP contribution in [-0.4, -0.2) is 47.1 Å². The molecule has 0 spiro atoms. The summed E-state index contributed by atoms with van der Waals surface area (Å²) in [5.74, 6) is 2.60. The molecule has 3 fully saturated rings. The Hall–Kier alpha value is -2.37. The molecule has 3 aliphatic rings. The maximum atomic E-state index is 12.6. The minimum absolute atomic E-state index is 0.284. The largest absolute Gasteiger partial charge is 0.368 e. The van der Waals surface area contributed by atoms with Crippen molar-refractivity contribution in [2.24, 2.45) is 5.92 Å². The number of hydrogen-bond acceptors (Lipinski definition) is 5. The van der Waals surface area contributed by atoms with E-state index in [0.717, 1.165) is 63.3 Å². The normalized spacial score (nSPS) is 21.0. The van der Waals surface area contributed by atoms with Gasteiger partial charge in [-0.15, -0.1) is 0 Å². The summed E-state index contributed by atoms with van der Waals surface area (Å²) in [5, 5.41) is 4.11. The predicted molar refractivity (Wildman–Crippen MR) is 102 cm³/mol. The molecular formula is C21H26N4O2. The zero-order valence-corrected chi connectivity index (χ0v) is 15.6. The van der Waals surface area contributed by atoms with E-state index in [1.165, 1.54) is 18.5 Å². The van der Waals surface area contributed by atoms with E-state index in [-0.39, 0.29) is 5.92 Å². The van der Waals surface area contributed by atoms with Crippen LogP contribution in [0.2, 0.25) is 0 Å². The smallest absolute Gasteiger partial charge is 0.230 e. The van der Waals surface area contributed by atoms with Crippen LogP contribution in [0.4, 0.5) is 5.69 Å². The van der Waals surface area contributed by atoms with Crippen molar-refractivity contribution in [2.75, 3.05) is 31.1 Å². The third-order valence-electron chi connectivity index (χ3n) is 6.15. The standard InChI is InChI=1S/C21H26N4O2/c26-21(17-3-1-2-4-17)25-13-11-24(12-14-25)18-9-7-15(8-10-18)19-22-20(27-23-19)16-5-6-16/h7-10,16-17H,1-6,11-14H2. The molecule has 0 radical (unpaired) electrons. The summed E-state index contributed by atoms with van der Waals surface area (Å²) in [6, 6.07) is 8.37. The third-order valence-corrected chi connectivity index (χ3v) is 6.15. The van der Waals surface area contributed by atoms with E-state index in [9.17, 15) is 4.79 Å². The molecule has 2 aliphatic carbocycles. The van der Waals surface area contributed by atoms with Crippen LogP contribution in [-0.2, 0) is 4.79 Å². The van der Waals surface area contributed by atoms with Gasteiger partial charge < -0.3 is 14.3 Å². The molecular weight excluding hydrogens is 340 g/mol. The summed E-state index contributed by atoms with van der Waals surface area (Å²) in [6.45, 7) is 3.44. The van der Waals surface area contributed by atoms with Gasteiger partial charge in [-0.05, 0) is 49.9 Å². The third kappa shape index (κ3) is 3.45. The topological polar surface area (TPSA) is 62.5 Å². The molecule has 1 saturated heterocycles.